The highest BCUT2D eigenvalue weighted by molar-refractivity contribution is 6.20. The molecular formula is C38H22N2O3. The molecule has 0 radical (unpaired) electrons. The number of hydrogen-bond donors (Lipinski definition) is 0. The number of benzene rings is 6. The first-order valence-electron chi connectivity index (χ1n) is 14.2. The third-order valence-electron chi connectivity index (χ3n) is 8.55. The molecule has 0 bridgehead atoms. The van der Waals surface area contributed by atoms with Gasteiger partial charge in [0.05, 0.1) is 27.5 Å². The highest BCUT2D eigenvalue weighted by atomic mass is 16.4. The van der Waals surface area contributed by atoms with Crippen molar-refractivity contribution in [1.29, 1.82) is 0 Å². The number of rotatable bonds is 2. The SMILES string of the molecule is O=c1oc2c(ccc3c4ccccc4n(-c4cccc(-n5c6ccccc6c(=O)c6ccccc65)c4)c32)c2ccccc12. The molecule has 3 aromatic heterocycles. The van der Waals surface area contributed by atoms with Crippen molar-refractivity contribution in [3.63, 3.8) is 0 Å². The summed E-state index contributed by atoms with van der Waals surface area (Å²) in [6.07, 6.45) is 0. The van der Waals surface area contributed by atoms with E-state index in [1.54, 1.807) is 0 Å². The number of nitrogens with zero attached hydrogens (tertiary/aromatic N) is 2. The van der Waals surface area contributed by atoms with Gasteiger partial charge in [0, 0.05) is 38.3 Å². The first kappa shape index (κ1) is 23.7. The van der Waals surface area contributed by atoms with Crippen molar-refractivity contribution < 1.29 is 4.42 Å². The molecule has 9 rings (SSSR count). The zero-order chi connectivity index (χ0) is 28.7. The van der Waals surface area contributed by atoms with E-state index in [4.69, 9.17) is 4.42 Å². The van der Waals surface area contributed by atoms with Crippen LogP contribution in [0.3, 0.4) is 0 Å². The van der Waals surface area contributed by atoms with Crippen LogP contribution in [0, 0.1) is 0 Å². The van der Waals surface area contributed by atoms with Gasteiger partial charge >= 0.3 is 5.63 Å². The number of hydrogen-bond acceptors (Lipinski definition) is 3. The van der Waals surface area contributed by atoms with Gasteiger partial charge in [-0.25, -0.2) is 4.79 Å². The van der Waals surface area contributed by atoms with Crippen LogP contribution in [0.5, 0.6) is 0 Å². The molecule has 3 heterocycles. The lowest BCUT2D eigenvalue weighted by Gasteiger charge is -2.17. The monoisotopic (exact) mass is 554 g/mol. The minimum Gasteiger partial charge on any atom is -0.420 e. The van der Waals surface area contributed by atoms with Crippen LogP contribution in [-0.4, -0.2) is 9.13 Å². The Bertz CT molecular complexity index is 2670. The lowest BCUT2D eigenvalue weighted by molar-refractivity contribution is 0.572. The van der Waals surface area contributed by atoms with Crippen molar-refractivity contribution in [2.75, 3.05) is 0 Å². The molecule has 43 heavy (non-hydrogen) atoms. The van der Waals surface area contributed by atoms with Crippen molar-refractivity contribution >= 4 is 65.4 Å². The van der Waals surface area contributed by atoms with Gasteiger partial charge in [0.1, 0.15) is 0 Å². The Labute approximate surface area is 244 Å². The topological polar surface area (TPSA) is 57.1 Å². The molecule has 0 unspecified atom stereocenters. The van der Waals surface area contributed by atoms with Gasteiger partial charge in [-0.1, -0.05) is 72.8 Å². The second kappa shape index (κ2) is 8.78. The summed E-state index contributed by atoms with van der Waals surface area (Å²) >= 11 is 0. The Kier molecular flexibility index (Phi) is 4.85. The lowest BCUT2D eigenvalue weighted by Crippen LogP contribution is -2.10. The highest BCUT2D eigenvalue weighted by Gasteiger charge is 2.19. The average Bonchev–Trinajstić information content (AvgIpc) is 3.40. The van der Waals surface area contributed by atoms with Crippen molar-refractivity contribution in [2.24, 2.45) is 0 Å². The van der Waals surface area contributed by atoms with Gasteiger partial charge in [0.15, 0.2) is 11.0 Å². The summed E-state index contributed by atoms with van der Waals surface area (Å²) in [6.45, 7) is 0. The fourth-order valence-electron chi connectivity index (χ4n) is 6.70. The fraction of sp³-hybridized carbons (Fsp3) is 0. The largest absolute Gasteiger partial charge is 0.420 e. The van der Waals surface area contributed by atoms with Crippen molar-refractivity contribution in [3.05, 3.63) is 154 Å². The predicted octanol–water partition coefficient (Wildman–Crippen LogP) is 8.50. The van der Waals surface area contributed by atoms with Crippen LogP contribution in [-0.2, 0) is 0 Å². The first-order chi connectivity index (χ1) is 21.2. The quantitative estimate of drug-likeness (QED) is 0.122. The number of aromatic nitrogens is 2. The summed E-state index contributed by atoms with van der Waals surface area (Å²) in [4.78, 5) is 26.6. The maximum atomic E-state index is 13.4. The molecule has 202 valence electrons. The van der Waals surface area contributed by atoms with Gasteiger partial charge in [-0.3, -0.25) is 4.79 Å². The van der Waals surface area contributed by atoms with E-state index >= 15 is 0 Å². The standard InChI is InChI=1S/C38H22N2O3/c41-36-30-15-4-7-18-33(30)39(34-19-8-5-16-31(34)36)23-10-9-11-24(22-23)40-32-17-6-3-13-26(32)27-20-21-28-25-12-1-2-14-29(25)38(42)43-37(28)35(27)40/h1-22H. The molecule has 6 aromatic carbocycles. The summed E-state index contributed by atoms with van der Waals surface area (Å²) in [5, 5.41) is 5.74. The van der Waals surface area contributed by atoms with Crippen LogP contribution in [0.15, 0.2) is 147 Å². The predicted molar refractivity (Wildman–Crippen MR) is 175 cm³/mol. The normalized spacial score (nSPS) is 11.9. The van der Waals surface area contributed by atoms with E-state index in [2.05, 4.69) is 51.6 Å². The van der Waals surface area contributed by atoms with Crippen LogP contribution in [0.4, 0.5) is 0 Å². The smallest absolute Gasteiger partial charge is 0.344 e. The van der Waals surface area contributed by atoms with E-state index in [1.165, 1.54) is 0 Å². The summed E-state index contributed by atoms with van der Waals surface area (Å²) in [5.74, 6) is 0. The zero-order valence-corrected chi connectivity index (χ0v) is 22.8. The van der Waals surface area contributed by atoms with Crippen molar-refractivity contribution in [3.8, 4) is 11.4 Å². The van der Waals surface area contributed by atoms with Crippen LogP contribution in [0.25, 0.3) is 76.7 Å². The van der Waals surface area contributed by atoms with Crippen LogP contribution in [0.2, 0.25) is 0 Å². The molecule has 0 spiro atoms. The molecule has 0 amide bonds. The Hall–Kier alpha value is -5.94. The van der Waals surface area contributed by atoms with E-state index in [0.717, 1.165) is 55.0 Å². The Morgan fingerprint density at radius 1 is 0.419 bits per heavy atom. The molecular weight excluding hydrogens is 532 g/mol. The molecule has 0 saturated carbocycles. The second-order valence-electron chi connectivity index (χ2n) is 10.8. The van der Waals surface area contributed by atoms with Crippen LogP contribution >= 0.6 is 0 Å². The third-order valence-corrected chi connectivity index (χ3v) is 8.55. The van der Waals surface area contributed by atoms with E-state index in [0.29, 0.717) is 21.7 Å². The molecule has 0 fully saturated rings. The minimum atomic E-state index is -0.354. The van der Waals surface area contributed by atoms with Gasteiger partial charge in [-0.05, 0) is 66.0 Å². The molecule has 0 atom stereocenters. The average molecular weight is 555 g/mol. The minimum absolute atomic E-state index is 0.0229. The molecule has 5 heteroatoms. The molecule has 0 aliphatic heterocycles. The summed E-state index contributed by atoms with van der Waals surface area (Å²) in [5.41, 5.74) is 5.59. The van der Waals surface area contributed by atoms with Gasteiger partial charge in [-0.15, -0.1) is 0 Å². The molecule has 0 aliphatic carbocycles. The lowest BCUT2D eigenvalue weighted by atomic mass is 10.1. The van der Waals surface area contributed by atoms with E-state index in [-0.39, 0.29) is 11.1 Å². The van der Waals surface area contributed by atoms with Crippen LogP contribution < -0.4 is 11.1 Å². The van der Waals surface area contributed by atoms with E-state index in [1.807, 2.05) is 91.0 Å². The maximum absolute atomic E-state index is 13.4. The molecule has 5 nitrogen and oxygen atoms in total. The summed E-state index contributed by atoms with van der Waals surface area (Å²) < 4.78 is 10.4. The van der Waals surface area contributed by atoms with Crippen LogP contribution in [0.1, 0.15) is 0 Å². The van der Waals surface area contributed by atoms with Crippen molar-refractivity contribution in [1.82, 2.24) is 9.13 Å². The van der Waals surface area contributed by atoms with Crippen molar-refractivity contribution in [2.45, 2.75) is 0 Å². The fourth-order valence-corrected chi connectivity index (χ4v) is 6.70. The molecule has 0 N–H and O–H groups in total. The van der Waals surface area contributed by atoms with Gasteiger partial charge < -0.3 is 13.6 Å². The maximum Gasteiger partial charge on any atom is 0.344 e. The Morgan fingerprint density at radius 2 is 0.930 bits per heavy atom. The van der Waals surface area contributed by atoms with E-state index < -0.39 is 0 Å². The molecule has 0 saturated heterocycles. The highest BCUT2D eigenvalue weighted by Crippen LogP contribution is 2.38. The third kappa shape index (κ3) is 3.27. The summed E-state index contributed by atoms with van der Waals surface area (Å²) in [6, 6.07) is 43.8. The molecule has 9 aromatic rings. The van der Waals surface area contributed by atoms with Gasteiger partial charge in [-0.2, -0.15) is 0 Å². The number of pyridine rings is 1. The van der Waals surface area contributed by atoms with Gasteiger partial charge in [0.25, 0.3) is 0 Å². The second-order valence-corrected chi connectivity index (χ2v) is 10.8. The Balaban J connectivity index is 1.42. The zero-order valence-electron chi connectivity index (χ0n) is 22.8. The van der Waals surface area contributed by atoms with E-state index in [9.17, 15) is 9.59 Å². The summed E-state index contributed by atoms with van der Waals surface area (Å²) in [7, 11) is 0. The first-order valence-corrected chi connectivity index (χ1v) is 14.2. The van der Waals surface area contributed by atoms with Gasteiger partial charge in [0.2, 0.25) is 0 Å². The number of fused-ring (bicyclic) bond motifs is 9. The number of para-hydroxylation sites is 3. The molecule has 0 aliphatic rings. The Morgan fingerprint density at radius 3 is 1.60 bits per heavy atom.